The van der Waals surface area contributed by atoms with Crippen molar-refractivity contribution in [3.8, 4) is 11.5 Å². The number of nitrogens with zero attached hydrogens (tertiary/aromatic N) is 4. The van der Waals surface area contributed by atoms with Crippen LogP contribution in [0.15, 0.2) is 82.7 Å². The molecule has 0 saturated heterocycles. The number of nitrogens with one attached hydrogen (secondary N) is 1. The highest BCUT2D eigenvalue weighted by Gasteiger charge is 2.26. The maximum atomic E-state index is 13.3. The van der Waals surface area contributed by atoms with Crippen LogP contribution in [0.1, 0.15) is 19.4 Å². The molecule has 1 N–H and O–H groups in total. The number of hydrogen-bond acceptors (Lipinski definition) is 8. The quantitative estimate of drug-likeness (QED) is 0.287. The topological polar surface area (TPSA) is 108 Å². The van der Waals surface area contributed by atoms with E-state index in [0.717, 1.165) is 16.7 Å². The Morgan fingerprint density at radius 2 is 1.62 bits per heavy atom. The summed E-state index contributed by atoms with van der Waals surface area (Å²) < 4.78 is 39.5. The fourth-order valence-corrected chi connectivity index (χ4v) is 5.40. The Morgan fingerprint density at radius 3 is 2.41 bits per heavy atom. The van der Waals surface area contributed by atoms with Gasteiger partial charge in [-0.25, -0.2) is 13.4 Å². The van der Waals surface area contributed by atoms with Gasteiger partial charge in [-0.2, -0.15) is 4.52 Å². The first kappa shape index (κ1) is 24.5. The van der Waals surface area contributed by atoms with Gasteiger partial charge in [-0.3, -0.25) is 0 Å². The van der Waals surface area contributed by atoms with E-state index in [2.05, 4.69) is 20.6 Å². The lowest BCUT2D eigenvalue weighted by Crippen LogP contribution is -2.10. The Morgan fingerprint density at radius 1 is 0.892 bits per heavy atom. The second-order valence-electron chi connectivity index (χ2n) is 8.25. The summed E-state index contributed by atoms with van der Waals surface area (Å²) in [4.78, 5) is 4.82. The van der Waals surface area contributed by atoms with Crippen LogP contribution >= 0.6 is 0 Å². The molecule has 190 valence electrons. The summed E-state index contributed by atoms with van der Waals surface area (Å²) in [5, 5.41) is 12.2. The molecule has 0 fully saturated rings. The summed E-state index contributed by atoms with van der Waals surface area (Å²) in [5.41, 5.74) is 1.95. The van der Waals surface area contributed by atoms with Crippen LogP contribution in [0, 0.1) is 0 Å². The van der Waals surface area contributed by atoms with Crippen molar-refractivity contribution >= 4 is 32.2 Å². The molecule has 0 aliphatic carbocycles. The molecule has 0 aliphatic heterocycles. The van der Waals surface area contributed by atoms with Gasteiger partial charge in [-0.1, -0.05) is 41.6 Å². The number of hydrogen-bond donors (Lipinski definition) is 1. The molecule has 5 rings (SSSR count). The molecule has 0 amide bonds. The lowest BCUT2D eigenvalue weighted by Gasteiger charge is -2.13. The maximum absolute atomic E-state index is 13.3. The number of fused-ring (bicyclic) bond motifs is 3. The van der Waals surface area contributed by atoms with Crippen molar-refractivity contribution in [3.05, 3.63) is 78.4 Å². The summed E-state index contributed by atoms with van der Waals surface area (Å²) in [6, 6.07) is 21.6. The van der Waals surface area contributed by atoms with Crippen LogP contribution in [0.4, 0.5) is 5.82 Å². The third kappa shape index (κ3) is 4.79. The van der Waals surface area contributed by atoms with Crippen LogP contribution in [0.2, 0.25) is 0 Å². The normalized spacial score (nSPS) is 11.6. The van der Waals surface area contributed by atoms with Crippen LogP contribution in [-0.4, -0.2) is 48.0 Å². The predicted molar refractivity (Wildman–Crippen MR) is 141 cm³/mol. The predicted octanol–water partition coefficient (Wildman–Crippen LogP) is 4.56. The van der Waals surface area contributed by atoms with E-state index in [0.29, 0.717) is 43.3 Å². The fourth-order valence-electron chi connectivity index (χ4n) is 4.14. The Hall–Kier alpha value is -4.18. The van der Waals surface area contributed by atoms with Gasteiger partial charge >= 0.3 is 0 Å². The molecule has 3 aromatic carbocycles. The van der Waals surface area contributed by atoms with Crippen molar-refractivity contribution < 1.29 is 17.9 Å². The fraction of sp³-hybridized carbons (Fsp3) is 0.222. The minimum absolute atomic E-state index is 0.141. The van der Waals surface area contributed by atoms with Crippen LogP contribution in [0.5, 0.6) is 11.5 Å². The first-order valence-corrected chi connectivity index (χ1v) is 13.6. The Labute approximate surface area is 215 Å². The molecule has 10 heteroatoms. The zero-order valence-electron chi connectivity index (χ0n) is 20.6. The minimum atomic E-state index is -3.90. The zero-order chi connectivity index (χ0) is 25.8. The summed E-state index contributed by atoms with van der Waals surface area (Å²) in [6.07, 6.45) is 0.695. The molecule has 0 unspecified atom stereocenters. The lowest BCUT2D eigenvalue weighted by molar-refractivity contribution is 0.287. The van der Waals surface area contributed by atoms with Gasteiger partial charge in [0.2, 0.25) is 14.9 Å². The van der Waals surface area contributed by atoms with Crippen molar-refractivity contribution in [1.82, 2.24) is 19.8 Å². The molecule has 37 heavy (non-hydrogen) atoms. The zero-order valence-corrected chi connectivity index (χ0v) is 21.4. The minimum Gasteiger partial charge on any atom is -0.490 e. The highest BCUT2D eigenvalue weighted by Crippen LogP contribution is 2.30. The average Bonchev–Trinajstić information content (AvgIpc) is 3.36. The van der Waals surface area contributed by atoms with Gasteiger partial charge in [0.25, 0.3) is 0 Å². The molecule has 0 aliphatic rings. The van der Waals surface area contributed by atoms with E-state index in [1.807, 2.05) is 56.3 Å². The van der Waals surface area contributed by atoms with Crippen LogP contribution in [-0.2, 0) is 16.3 Å². The molecule has 0 saturated carbocycles. The van der Waals surface area contributed by atoms with Crippen molar-refractivity contribution in [2.45, 2.75) is 30.2 Å². The number of benzene rings is 3. The largest absolute Gasteiger partial charge is 0.490 e. The molecule has 0 spiro atoms. The van der Waals surface area contributed by atoms with Crippen LogP contribution in [0.3, 0.4) is 0 Å². The second-order valence-corrected chi connectivity index (χ2v) is 10.1. The van der Waals surface area contributed by atoms with Gasteiger partial charge in [0, 0.05) is 11.9 Å². The Bertz CT molecular complexity index is 1650. The SMILES string of the molecule is CCOc1ccc(CCNc2nc3c(S(=O)(=O)c4ccccc4)nnn3c3ccccc23)cc1OCC. The number of aromatic nitrogens is 4. The molecule has 5 aromatic rings. The number of para-hydroxylation sites is 1. The first-order chi connectivity index (χ1) is 18.0. The standard InChI is InChI=1S/C27H27N5O4S/c1-3-35-23-15-14-19(18-24(23)36-4-2)16-17-28-25-21-12-8-9-13-22(21)32-26(29-25)27(30-31-32)37(33,34)20-10-6-5-7-11-20/h5-15,18H,3-4,16-17H2,1-2H3,(H,28,29). The van der Waals surface area contributed by atoms with E-state index in [4.69, 9.17) is 9.47 Å². The van der Waals surface area contributed by atoms with Crippen molar-refractivity contribution in [3.63, 3.8) is 0 Å². The highest BCUT2D eigenvalue weighted by molar-refractivity contribution is 7.91. The molecule has 0 bridgehead atoms. The first-order valence-electron chi connectivity index (χ1n) is 12.1. The van der Waals surface area contributed by atoms with E-state index in [9.17, 15) is 8.42 Å². The van der Waals surface area contributed by atoms with Gasteiger partial charge in [0.1, 0.15) is 5.82 Å². The maximum Gasteiger partial charge on any atom is 0.229 e. The molecule has 2 heterocycles. The summed E-state index contributed by atoms with van der Waals surface area (Å²) >= 11 is 0. The van der Waals surface area contributed by atoms with Crippen LogP contribution < -0.4 is 14.8 Å². The van der Waals surface area contributed by atoms with E-state index in [1.165, 1.54) is 16.6 Å². The number of ether oxygens (including phenoxy) is 2. The molecular formula is C27H27N5O4S. The summed E-state index contributed by atoms with van der Waals surface area (Å²) in [7, 11) is -3.90. The van der Waals surface area contributed by atoms with Gasteiger partial charge in [0.15, 0.2) is 17.1 Å². The third-order valence-corrected chi connectivity index (χ3v) is 7.51. The Kier molecular flexibility index (Phi) is 6.91. The van der Waals surface area contributed by atoms with Gasteiger partial charge in [0.05, 0.1) is 23.6 Å². The monoisotopic (exact) mass is 517 g/mol. The highest BCUT2D eigenvalue weighted by atomic mass is 32.2. The summed E-state index contributed by atoms with van der Waals surface area (Å²) in [6.45, 7) is 5.55. The van der Waals surface area contributed by atoms with Crippen molar-refractivity contribution in [2.75, 3.05) is 25.1 Å². The van der Waals surface area contributed by atoms with Gasteiger partial charge < -0.3 is 14.8 Å². The average molecular weight is 518 g/mol. The number of rotatable bonds is 10. The smallest absolute Gasteiger partial charge is 0.229 e. The number of anilines is 1. The van der Waals surface area contributed by atoms with Crippen molar-refractivity contribution in [1.29, 1.82) is 0 Å². The van der Waals surface area contributed by atoms with Crippen molar-refractivity contribution in [2.24, 2.45) is 0 Å². The van der Waals surface area contributed by atoms with E-state index < -0.39 is 9.84 Å². The van der Waals surface area contributed by atoms with Gasteiger partial charge in [-0.15, -0.1) is 5.10 Å². The molecular weight excluding hydrogens is 490 g/mol. The molecule has 0 radical (unpaired) electrons. The molecule has 0 atom stereocenters. The second kappa shape index (κ2) is 10.4. The van der Waals surface area contributed by atoms with E-state index in [1.54, 1.807) is 18.2 Å². The lowest BCUT2D eigenvalue weighted by atomic mass is 10.1. The summed E-state index contributed by atoms with van der Waals surface area (Å²) in [5.74, 6) is 2.00. The molecule has 9 nitrogen and oxygen atoms in total. The van der Waals surface area contributed by atoms with E-state index in [-0.39, 0.29) is 15.6 Å². The van der Waals surface area contributed by atoms with E-state index >= 15 is 0 Å². The van der Waals surface area contributed by atoms with Crippen LogP contribution in [0.25, 0.3) is 16.6 Å². The van der Waals surface area contributed by atoms with Gasteiger partial charge in [-0.05, 0) is 62.2 Å². The number of sulfone groups is 1. The third-order valence-electron chi connectivity index (χ3n) is 5.84. The molecule has 2 aromatic heterocycles. The Balaban J connectivity index is 1.47.